The van der Waals surface area contributed by atoms with E-state index in [-0.39, 0.29) is 73.0 Å². The average Bonchev–Trinajstić information content (AvgIpc) is 0. The van der Waals surface area contributed by atoms with Gasteiger partial charge in [0.05, 0.1) is 0 Å². The zero-order valence-corrected chi connectivity index (χ0v) is 7.20. The molecule has 0 aromatic carbocycles. The van der Waals surface area contributed by atoms with Crippen LogP contribution < -0.4 is 0 Å². The summed E-state index contributed by atoms with van der Waals surface area (Å²) in [6, 6.07) is 0. The molecule has 0 amide bonds. The van der Waals surface area contributed by atoms with Crippen LogP contribution in [0.15, 0.2) is 0 Å². The van der Waals surface area contributed by atoms with E-state index in [0.717, 1.165) is 0 Å². The molecule has 0 aliphatic carbocycles. The molecule has 0 spiro atoms. The van der Waals surface area contributed by atoms with E-state index < -0.39 is 0 Å². The second-order valence-electron chi connectivity index (χ2n) is 0. The van der Waals surface area contributed by atoms with E-state index in [1.807, 2.05) is 0 Å². The summed E-state index contributed by atoms with van der Waals surface area (Å²) < 4.78 is 0. The summed E-state index contributed by atoms with van der Waals surface area (Å²) in [5.74, 6) is 0. The SMILES string of the molecule is [Be].[Be].[Be].[Be].[Be].[Ta]. The molecule has 0 aromatic heterocycles. The Bertz CT molecular complexity index is 3.90. The van der Waals surface area contributed by atoms with Gasteiger partial charge in [-0.3, -0.25) is 0 Å². The molecule has 0 aliphatic rings. The standard InChI is InChI=1S/5Be.Ta. The maximum atomic E-state index is 0. The van der Waals surface area contributed by atoms with Crippen molar-refractivity contribution in [3.05, 3.63) is 0 Å². The Morgan fingerprint density at radius 2 is 0.333 bits per heavy atom. The van der Waals surface area contributed by atoms with Gasteiger partial charge in [0.1, 0.15) is 0 Å². The molecule has 0 saturated carbocycles. The van der Waals surface area contributed by atoms with Crippen molar-refractivity contribution in [2.24, 2.45) is 0 Å². The van der Waals surface area contributed by atoms with Crippen LogP contribution >= 0.6 is 0 Å². The summed E-state index contributed by atoms with van der Waals surface area (Å²) in [5, 5.41) is 0. The normalized spacial score (nSPS) is 0. The van der Waals surface area contributed by atoms with Gasteiger partial charge in [-0.2, -0.15) is 0 Å². The minimum atomic E-state index is 0. The summed E-state index contributed by atoms with van der Waals surface area (Å²) >= 11 is 0. The topological polar surface area (TPSA) is 0 Å². The molecule has 15 valence electrons. The number of hydrogen-bond donors (Lipinski definition) is 0. The van der Waals surface area contributed by atoms with Crippen LogP contribution in [-0.4, -0.2) is 50.6 Å². The molecule has 0 N–H and O–H groups in total. The number of hydrogen-bond acceptors (Lipinski definition) is 0. The van der Waals surface area contributed by atoms with Gasteiger partial charge in [0.2, 0.25) is 0 Å². The Hall–Kier alpha value is 1.58. The maximum Gasteiger partial charge on any atom is 0 e. The van der Waals surface area contributed by atoms with E-state index in [2.05, 4.69) is 0 Å². The van der Waals surface area contributed by atoms with Crippen LogP contribution in [0, 0.1) is 0 Å². The van der Waals surface area contributed by atoms with Gasteiger partial charge < -0.3 is 0 Å². The monoisotopic (exact) mass is 226 g/mol. The van der Waals surface area contributed by atoms with Gasteiger partial charge >= 0.3 is 0 Å². The van der Waals surface area contributed by atoms with E-state index in [1.165, 1.54) is 0 Å². The predicted molar refractivity (Wildman–Crippen MR) is 28.8 cm³/mol. The Balaban J connectivity index is 0. The molecule has 11 radical (unpaired) electrons. The first kappa shape index (κ1) is 131. The molecule has 0 aliphatic heterocycles. The Morgan fingerprint density at radius 1 is 0.333 bits per heavy atom. The zero-order valence-electron chi connectivity index (χ0n) is 3.98. The fourth-order valence-corrected chi connectivity index (χ4v) is 0. The van der Waals surface area contributed by atoms with Crippen LogP contribution in [0.2, 0.25) is 0 Å². The third-order valence-corrected chi connectivity index (χ3v) is 0. The molecule has 0 aromatic rings. The molecule has 0 rings (SSSR count). The smallest absolute Gasteiger partial charge is 0 e. The molecule has 0 bridgehead atoms. The van der Waals surface area contributed by atoms with Crippen molar-refractivity contribution in [3.8, 4) is 0 Å². The average molecular weight is 226 g/mol. The maximum absolute atomic E-state index is 0. The van der Waals surface area contributed by atoms with Crippen molar-refractivity contribution < 1.29 is 22.4 Å². The molecular weight excluding hydrogens is 226 g/mol. The zero-order chi connectivity index (χ0) is 0. The third-order valence-electron chi connectivity index (χ3n) is 0. The van der Waals surface area contributed by atoms with Crippen LogP contribution in [0.4, 0.5) is 0 Å². The minimum absolute atomic E-state index is 0. The second-order valence-corrected chi connectivity index (χ2v) is 0. The van der Waals surface area contributed by atoms with Crippen LogP contribution in [-0.2, 0) is 22.4 Å². The minimum Gasteiger partial charge on any atom is 0 e. The molecule has 6 heteroatoms. The van der Waals surface area contributed by atoms with Crippen LogP contribution in [0.1, 0.15) is 0 Å². The van der Waals surface area contributed by atoms with Gasteiger partial charge in [0.15, 0.2) is 0 Å². The molecule has 0 fully saturated rings. The van der Waals surface area contributed by atoms with Crippen molar-refractivity contribution in [2.45, 2.75) is 0 Å². The molecule has 0 saturated heterocycles. The number of rotatable bonds is 0. The van der Waals surface area contributed by atoms with Gasteiger partial charge in [0.25, 0.3) is 0 Å². The van der Waals surface area contributed by atoms with E-state index in [0.29, 0.717) is 0 Å². The second kappa shape index (κ2) is 81.8. The Labute approximate surface area is 72.8 Å². The van der Waals surface area contributed by atoms with Crippen LogP contribution in [0.3, 0.4) is 0 Å². The summed E-state index contributed by atoms with van der Waals surface area (Å²) in [6.07, 6.45) is 0. The van der Waals surface area contributed by atoms with E-state index in [1.54, 1.807) is 0 Å². The van der Waals surface area contributed by atoms with E-state index in [4.69, 9.17) is 0 Å². The van der Waals surface area contributed by atoms with Gasteiger partial charge in [-0.25, -0.2) is 0 Å². The van der Waals surface area contributed by atoms with Crippen molar-refractivity contribution in [1.29, 1.82) is 0 Å². The van der Waals surface area contributed by atoms with Gasteiger partial charge in [-0.05, 0) is 0 Å². The molecule has 0 nitrogen and oxygen atoms in total. The Morgan fingerprint density at radius 3 is 0.333 bits per heavy atom. The molecular formula is Be5Ta. The van der Waals surface area contributed by atoms with Crippen molar-refractivity contribution in [3.63, 3.8) is 0 Å². The Kier molecular flexibility index (Phi) is 1790. The molecule has 0 heterocycles. The molecule has 6 heavy (non-hydrogen) atoms. The van der Waals surface area contributed by atoms with Gasteiger partial charge in [-0.1, -0.05) is 0 Å². The summed E-state index contributed by atoms with van der Waals surface area (Å²) in [6.45, 7) is 0. The van der Waals surface area contributed by atoms with Crippen molar-refractivity contribution in [1.82, 2.24) is 0 Å². The first-order chi connectivity index (χ1) is 0. The first-order valence-electron chi connectivity index (χ1n) is 0. The first-order valence-corrected chi connectivity index (χ1v) is 0. The fraction of sp³-hybridized carbons (Fsp3) is 0. The van der Waals surface area contributed by atoms with Crippen LogP contribution in [0.5, 0.6) is 0 Å². The third kappa shape index (κ3) is 46.8. The van der Waals surface area contributed by atoms with E-state index in [9.17, 15) is 0 Å². The van der Waals surface area contributed by atoms with Crippen LogP contribution in [0.25, 0.3) is 0 Å². The van der Waals surface area contributed by atoms with Gasteiger partial charge in [-0.15, -0.1) is 0 Å². The fourth-order valence-electron chi connectivity index (χ4n) is 0. The van der Waals surface area contributed by atoms with Gasteiger partial charge in [0, 0.05) is 73.0 Å². The largest absolute Gasteiger partial charge is 0 e. The van der Waals surface area contributed by atoms with E-state index >= 15 is 0 Å². The predicted octanol–water partition coefficient (Wildman–Crippen LogP) is -1.91. The quantitative estimate of drug-likeness (QED) is 0.423. The summed E-state index contributed by atoms with van der Waals surface area (Å²) in [5.41, 5.74) is 0. The summed E-state index contributed by atoms with van der Waals surface area (Å²) in [4.78, 5) is 0. The molecule has 0 unspecified atom stereocenters. The van der Waals surface area contributed by atoms with Crippen molar-refractivity contribution >= 4 is 50.6 Å². The summed E-state index contributed by atoms with van der Waals surface area (Å²) in [7, 11) is 0. The molecule has 0 atom stereocenters. The van der Waals surface area contributed by atoms with Crippen molar-refractivity contribution in [2.75, 3.05) is 0 Å².